The van der Waals surface area contributed by atoms with E-state index in [1.54, 1.807) is 0 Å². The summed E-state index contributed by atoms with van der Waals surface area (Å²) in [5, 5.41) is 0. The minimum atomic E-state index is 0.147. The highest BCUT2D eigenvalue weighted by Gasteiger charge is 2.30. The van der Waals surface area contributed by atoms with Crippen LogP contribution in [-0.4, -0.2) is 32.3 Å². The SMILES string of the molecule is CN(C)CCC1CCc2ccccc2C1OCc1cccc(-c2ccc3c(c2)OCO3)c1. The van der Waals surface area contributed by atoms with Crippen molar-refractivity contribution in [1.82, 2.24) is 4.90 Å². The maximum absolute atomic E-state index is 6.64. The first-order valence-electron chi connectivity index (χ1n) is 11.5. The third-order valence-corrected chi connectivity index (χ3v) is 6.58. The summed E-state index contributed by atoms with van der Waals surface area (Å²) in [6.45, 7) is 1.99. The third-order valence-electron chi connectivity index (χ3n) is 6.58. The van der Waals surface area contributed by atoms with Crippen LogP contribution in [-0.2, 0) is 17.8 Å². The van der Waals surface area contributed by atoms with Crippen LogP contribution in [0.2, 0.25) is 0 Å². The van der Waals surface area contributed by atoms with Crippen LogP contribution in [0.15, 0.2) is 66.7 Å². The summed E-state index contributed by atoms with van der Waals surface area (Å²) < 4.78 is 17.6. The molecule has 1 heterocycles. The second-order valence-electron chi connectivity index (χ2n) is 9.09. The number of ether oxygens (including phenoxy) is 3. The molecule has 2 aliphatic rings. The molecule has 5 rings (SSSR count). The van der Waals surface area contributed by atoms with E-state index in [1.807, 2.05) is 6.07 Å². The standard InChI is InChI=1S/C28H31NO3/c1-29(2)15-14-22-11-10-21-7-3-4-9-25(21)28(22)30-18-20-6-5-8-23(16-20)24-12-13-26-27(17-24)32-19-31-26/h3-9,12-13,16-17,22,28H,10-11,14-15,18-19H2,1-2H3. The summed E-state index contributed by atoms with van der Waals surface area (Å²) in [6.07, 6.45) is 3.64. The van der Waals surface area contributed by atoms with Crippen LogP contribution in [0.5, 0.6) is 11.5 Å². The fraction of sp³-hybridized carbons (Fsp3) is 0.357. The Morgan fingerprint density at radius 2 is 1.75 bits per heavy atom. The number of nitrogens with zero attached hydrogens (tertiary/aromatic N) is 1. The smallest absolute Gasteiger partial charge is 0.231 e. The minimum Gasteiger partial charge on any atom is -0.454 e. The second-order valence-corrected chi connectivity index (χ2v) is 9.09. The molecule has 0 saturated carbocycles. The summed E-state index contributed by atoms with van der Waals surface area (Å²) >= 11 is 0. The lowest BCUT2D eigenvalue weighted by atomic mass is 9.79. The van der Waals surface area contributed by atoms with Crippen molar-refractivity contribution in [2.75, 3.05) is 27.4 Å². The summed E-state index contributed by atoms with van der Waals surface area (Å²) in [5.41, 5.74) is 6.29. The highest BCUT2D eigenvalue weighted by molar-refractivity contribution is 5.68. The largest absolute Gasteiger partial charge is 0.454 e. The van der Waals surface area contributed by atoms with Gasteiger partial charge in [-0.1, -0.05) is 48.5 Å². The molecule has 2 atom stereocenters. The maximum atomic E-state index is 6.64. The molecule has 0 saturated heterocycles. The van der Waals surface area contributed by atoms with Crippen LogP contribution in [0.4, 0.5) is 0 Å². The molecule has 2 unspecified atom stereocenters. The van der Waals surface area contributed by atoms with E-state index in [1.165, 1.54) is 23.1 Å². The van der Waals surface area contributed by atoms with Crippen LogP contribution in [0.25, 0.3) is 11.1 Å². The van der Waals surface area contributed by atoms with Crippen molar-refractivity contribution in [2.45, 2.75) is 32.0 Å². The van der Waals surface area contributed by atoms with Crippen LogP contribution in [0, 0.1) is 5.92 Å². The zero-order chi connectivity index (χ0) is 21.9. The number of benzene rings is 3. The van der Waals surface area contributed by atoms with Gasteiger partial charge in [-0.15, -0.1) is 0 Å². The molecule has 1 aliphatic carbocycles. The van der Waals surface area contributed by atoms with E-state index in [0.29, 0.717) is 19.3 Å². The number of hydrogen-bond donors (Lipinski definition) is 0. The monoisotopic (exact) mass is 429 g/mol. The lowest BCUT2D eigenvalue weighted by Gasteiger charge is -2.34. The summed E-state index contributed by atoms with van der Waals surface area (Å²) in [5.74, 6) is 2.17. The molecule has 0 radical (unpaired) electrons. The summed E-state index contributed by atoms with van der Waals surface area (Å²) in [7, 11) is 4.29. The fourth-order valence-corrected chi connectivity index (χ4v) is 4.83. The van der Waals surface area contributed by atoms with Crippen molar-refractivity contribution in [3.8, 4) is 22.6 Å². The van der Waals surface area contributed by atoms with Crippen molar-refractivity contribution >= 4 is 0 Å². The Bertz CT molecular complexity index is 1080. The van der Waals surface area contributed by atoms with Gasteiger partial charge in [0.2, 0.25) is 6.79 Å². The van der Waals surface area contributed by atoms with Crippen LogP contribution in [0.1, 0.15) is 35.6 Å². The fourth-order valence-electron chi connectivity index (χ4n) is 4.83. The Morgan fingerprint density at radius 3 is 2.66 bits per heavy atom. The van der Waals surface area contributed by atoms with Crippen molar-refractivity contribution in [2.24, 2.45) is 5.92 Å². The first-order chi connectivity index (χ1) is 15.7. The van der Waals surface area contributed by atoms with Gasteiger partial charge in [-0.3, -0.25) is 0 Å². The molecular formula is C28H31NO3. The molecule has 3 aromatic rings. The predicted molar refractivity (Wildman–Crippen MR) is 127 cm³/mol. The molecule has 3 aromatic carbocycles. The lowest BCUT2D eigenvalue weighted by molar-refractivity contribution is -0.0135. The van der Waals surface area contributed by atoms with Crippen molar-refractivity contribution in [3.63, 3.8) is 0 Å². The van der Waals surface area contributed by atoms with Crippen LogP contribution < -0.4 is 9.47 Å². The Balaban J connectivity index is 1.34. The van der Waals surface area contributed by atoms with E-state index in [-0.39, 0.29) is 6.10 Å². The summed E-state index contributed by atoms with van der Waals surface area (Å²) in [4.78, 5) is 2.27. The molecule has 0 aromatic heterocycles. The van der Waals surface area contributed by atoms with E-state index in [4.69, 9.17) is 14.2 Å². The molecule has 32 heavy (non-hydrogen) atoms. The van der Waals surface area contributed by atoms with Gasteiger partial charge in [0.05, 0.1) is 12.7 Å². The topological polar surface area (TPSA) is 30.9 Å². The Morgan fingerprint density at radius 1 is 0.906 bits per heavy atom. The predicted octanol–water partition coefficient (Wildman–Crippen LogP) is 5.85. The first-order valence-corrected chi connectivity index (χ1v) is 11.5. The molecule has 166 valence electrons. The molecule has 4 heteroatoms. The van der Waals surface area contributed by atoms with Gasteiger partial charge < -0.3 is 19.1 Å². The molecule has 4 nitrogen and oxygen atoms in total. The minimum absolute atomic E-state index is 0.147. The number of hydrogen-bond acceptors (Lipinski definition) is 4. The Labute approximate surface area is 190 Å². The van der Waals surface area contributed by atoms with Crippen molar-refractivity contribution in [1.29, 1.82) is 0 Å². The van der Waals surface area contributed by atoms with E-state index in [0.717, 1.165) is 42.0 Å². The van der Waals surface area contributed by atoms with Crippen molar-refractivity contribution in [3.05, 3.63) is 83.4 Å². The van der Waals surface area contributed by atoms with Gasteiger partial charge in [0.25, 0.3) is 0 Å². The second kappa shape index (κ2) is 9.35. The highest BCUT2D eigenvalue weighted by atomic mass is 16.7. The quantitative estimate of drug-likeness (QED) is 0.471. The average molecular weight is 430 g/mol. The zero-order valence-electron chi connectivity index (χ0n) is 18.9. The van der Waals surface area contributed by atoms with Crippen LogP contribution in [0.3, 0.4) is 0 Å². The van der Waals surface area contributed by atoms with E-state index >= 15 is 0 Å². The van der Waals surface area contributed by atoms with E-state index < -0.39 is 0 Å². The molecule has 0 fully saturated rings. The maximum Gasteiger partial charge on any atom is 0.231 e. The third kappa shape index (κ3) is 4.52. The van der Waals surface area contributed by atoms with Gasteiger partial charge in [-0.05, 0) is 91.8 Å². The molecule has 0 amide bonds. The normalized spacial score (nSPS) is 19.2. The van der Waals surface area contributed by atoms with Gasteiger partial charge in [0.15, 0.2) is 11.5 Å². The van der Waals surface area contributed by atoms with Gasteiger partial charge in [-0.25, -0.2) is 0 Å². The van der Waals surface area contributed by atoms with E-state index in [2.05, 4.69) is 79.7 Å². The molecule has 0 bridgehead atoms. The number of fused-ring (bicyclic) bond motifs is 2. The van der Waals surface area contributed by atoms with Gasteiger partial charge in [-0.2, -0.15) is 0 Å². The van der Waals surface area contributed by atoms with Gasteiger partial charge in [0, 0.05) is 0 Å². The highest BCUT2D eigenvalue weighted by Crippen LogP contribution is 2.40. The number of aryl methyl sites for hydroxylation is 1. The molecule has 0 N–H and O–H groups in total. The van der Waals surface area contributed by atoms with Gasteiger partial charge in [0.1, 0.15) is 0 Å². The first kappa shape index (κ1) is 21.0. The van der Waals surface area contributed by atoms with E-state index in [9.17, 15) is 0 Å². The Hall–Kier alpha value is -2.82. The molecular weight excluding hydrogens is 398 g/mol. The average Bonchev–Trinajstić information content (AvgIpc) is 3.29. The summed E-state index contributed by atoms with van der Waals surface area (Å²) in [6, 6.07) is 23.5. The van der Waals surface area contributed by atoms with Crippen molar-refractivity contribution < 1.29 is 14.2 Å². The Kier molecular flexibility index (Phi) is 6.15. The van der Waals surface area contributed by atoms with Gasteiger partial charge >= 0.3 is 0 Å². The lowest BCUT2D eigenvalue weighted by Crippen LogP contribution is -2.26. The molecule has 0 spiro atoms. The zero-order valence-corrected chi connectivity index (χ0v) is 18.9. The number of rotatable bonds is 7. The van der Waals surface area contributed by atoms with Crippen LogP contribution >= 0.6 is 0 Å². The molecule has 1 aliphatic heterocycles.